The molecule has 174 valence electrons. The highest BCUT2D eigenvalue weighted by atomic mass is 16.5. The van der Waals surface area contributed by atoms with E-state index < -0.39 is 0 Å². The molecule has 3 aliphatic rings. The number of carbonyl (C=O) groups is 1. The first-order valence-electron chi connectivity index (χ1n) is 12.4. The maximum absolute atomic E-state index is 12.5. The fraction of sp³-hybridized carbons (Fsp3) is 0.429. The number of nitrogens with one attached hydrogen (secondary N) is 1. The van der Waals surface area contributed by atoms with Crippen molar-refractivity contribution in [2.24, 2.45) is 5.92 Å². The van der Waals surface area contributed by atoms with E-state index in [9.17, 15) is 10.1 Å². The molecular formula is C28H30N4O2. The van der Waals surface area contributed by atoms with Gasteiger partial charge in [-0.3, -0.25) is 9.69 Å². The van der Waals surface area contributed by atoms with E-state index in [-0.39, 0.29) is 5.91 Å². The second-order valence-corrected chi connectivity index (χ2v) is 10.1. The maximum atomic E-state index is 12.5. The van der Waals surface area contributed by atoms with Crippen LogP contribution in [0, 0.1) is 17.2 Å². The largest absolute Gasteiger partial charge is 0.492 e. The second-order valence-electron chi connectivity index (χ2n) is 10.1. The molecule has 6 nitrogen and oxygen atoms in total. The third-order valence-electron chi connectivity index (χ3n) is 7.73. The van der Waals surface area contributed by atoms with Crippen molar-refractivity contribution in [2.75, 3.05) is 26.7 Å². The van der Waals surface area contributed by atoms with Crippen molar-refractivity contribution < 1.29 is 9.53 Å². The van der Waals surface area contributed by atoms with Gasteiger partial charge in [-0.1, -0.05) is 0 Å². The fourth-order valence-corrected chi connectivity index (χ4v) is 5.62. The van der Waals surface area contributed by atoms with E-state index in [1.165, 1.54) is 24.0 Å². The van der Waals surface area contributed by atoms with Gasteiger partial charge in [-0.2, -0.15) is 5.26 Å². The molecule has 34 heavy (non-hydrogen) atoms. The van der Waals surface area contributed by atoms with Crippen LogP contribution in [0.2, 0.25) is 0 Å². The lowest BCUT2D eigenvalue weighted by Crippen LogP contribution is -2.45. The van der Waals surface area contributed by atoms with Crippen LogP contribution in [0.4, 0.5) is 0 Å². The van der Waals surface area contributed by atoms with E-state index in [0.29, 0.717) is 24.8 Å². The first-order chi connectivity index (χ1) is 16.6. The Kier molecular flexibility index (Phi) is 5.30. The first-order valence-corrected chi connectivity index (χ1v) is 12.4. The Hall–Kier alpha value is -3.30. The maximum Gasteiger partial charge on any atom is 0.254 e. The molecule has 0 radical (unpaired) electrons. The Morgan fingerprint density at radius 2 is 2.12 bits per heavy atom. The molecule has 2 aliphatic heterocycles. The normalized spacial score (nSPS) is 19.3. The molecule has 1 fully saturated rings. The van der Waals surface area contributed by atoms with Crippen LogP contribution in [-0.4, -0.2) is 53.5 Å². The van der Waals surface area contributed by atoms with Gasteiger partial charge in [0.15, 0.2) is 0 Å². The zero-order valence-electron chi connectivity index (χ0n) is 19.6. The highest BCUT2D eigenvalue weighted by Crippen LogP contribution is 2.37. The Labute approximate surface area is 200 Å². The summed E-state index contributed by atoms with van der Waals surface area (Å²) >= 11 is 0. The zero-order valence-corrected chi connectivity index (χ0v) is 19.6. The second kappa shape index (κ2) is 8.48. The third kappa shape index (κ3) is 3.84. The lowest BCUT2D eigenvalue weighted by molar-refractivity contribution is 0.0816. The van der Waals surface area contributed by atoms with Gasteiger partial charge < -0.3 is 14.6 Å². The SMILES string of the molecule is CN1Cc2c(ccc3c2CC(N(CCCc2c[nH]c4ccc(C#N)cc24)CC2CC2)CO3)C1=O. The minimum absolute atomic E-state index is 0.119. The molecule has 0 spiro atoms. The van der Waals surface area contributed by atoms with Crippen LogP contribution in [0.3, 0.4) is 0 Å². The lowest BCUT2D eigenvalue weighted by Gasteiger charge is -2.36. The predicted octanol–water partition coefficient (Wildman–Crippen LogP) is 4.27. The number of fused-ring (bicyclic) bond motifs is 4. The average Bonchev–Trinajstić information content (AvgIpc) is 3.52. The summed E-state index contributed by atoms with van der Waals surface area (Å²) in [7, 11) is 1.87. The smallest absolute Gasteiger partial charge is 0.254 e. The highest BCUT2D eigenvalue weighted by Gasteiger charge is 2.35. The number of benzene rings is 2. The Morgan fingerprint density at radius 1 is 1.24 bits per heavy atom. The van der Waals surface area contributed by atoms with Crippen LogP contribution in [0.25, 0.3) is 10.9 Å². The third-order valence-corrected chi connectivity index (χ3v) is 7.73. The predicted molar refractivity (Wildman–Crippen MR) is 131 cm³/mol. The number of ether oxygens (including phenoxy) is 1. The summed E-state index contributed by atoms with van der Waals surface area (Å²) in [6, 6.07) is 12.4. The number of H-pyrrole nitrogens is 1. The minimum Gasteiger partial charge on any atom is -0.492 e. The summed E-state index contributed by atoms with van der Waals surface area (Å²) in [4.78, 5) is 20.3. The molecule has 6 heteroatoms. The molecule has 1 atom stereocenters. The van der Waals surface area contributed by atoms with Crippen molar-refractivity contribution in [1.82, 2.24) is 14.8 Å². The Bertz CT molecular complexity index is 1300. The summed E-state index contributed by atoms with van der Waals surface area (Å²) in [5.41, 5.74) is 6.31. The summed E-state index contributed by atoms with van der Waals surface area (Å²) < 4.78 is 6.24. The van der Waals surface area contributed by atoms with Gasteiger partial charge in [0.25, 0.3) is 5.91 Å². The molecule has 0 bridgehead atoms. The molecule has 3 heterocycles. The molecule has 1 aliphatic carbocycles. The average molecular weight is 455 g/mol. The van der Waals surface area contributed by atoms with E-state index in [0.717, 1.165) is 66.0 Å². The Balaban J connectivity index is 1.18. The zero-order chi connectivity index (χ0) is 23.2. The molecule has 0 saturated heterocycles. The van der Waals surface area contributed by atoms with E-state index in [4.69, 9.17) is 4.74 Å². The molecule has 1 amide bonds. The van der Waals surface area contributed by atoms with Gasteiger partial charge in [0.05, 0.1) is 11.6 Å². The standard InChI is InChI=1S/C28H30N4O2/c1-31-16-25-22(28(31)33)7-9-27-24(25)12-21(17-34-27)32(15-18-4-5-18)10-2-3-20-14-30-26-8-6-19(13-29)11-23(20)26/h6-9,11,14,18,21,30H,2-5,10,12,15-17H2,1H3. The quantitative estimate of drug-likeness (QED) is 0.579. The summed E-state index contributed by atoms with van der Waals surface area (Å²) in [5.74, 6) is 1.88. The number of rotatable bonds is 7. The number of hydrogen-bond donors (Lipinski definition) is 1. The molecule has 1 N–H and O–H groups in total. The molecule has 1 saturated carbocycles. The van der Waals surface area contributed by atoms with Crippen LogP contribution in [0.5, 0.6) is 5.75 Å². The number of aromatic nitrogens is 1. The number of amides is 1. The van der Waals surface area contributed by atoms with Crippen LogP contribution >= 0.6 is 0 Å². The van der Waals surface area contributed by atoms with E-state index >= 15 is 0 Å². The number of aromatic amines is 1. The van der Waals surface area contributed by atoms with Crippen molar-refractivity contribution in [3.63, 3.8) is 0 Å². The van der Waals surface area contributed by atoms with Crippen LogP contribution < -0.4 is 4.74 Å². The molecule has 1 unspecified atom stereocenters. The molecule has 3 aromatic rings. The van der Waals surface area contributed by atoms with Gasteiger partial charge in [-0.15, -0.1) is 0 Å². The summed E-state index contributed by atoms with van der Waals surface area (Å²) in [6.07, 6.45) is 7.74. The van der Waals surface area contributed by atoms with E-state index in [2.05, 4.69) is 22.1 Å². The van der Waals surface area contributed by atoms with Crippen LogP contribution in [0.15, 0.2) is 36.5 Å². The number of nitriles is 1. The van der Waals surface area contributed by atoms with Gasteiger partial charge in [0.2, 0.25) is 0 Å². The number of nitrogens with zero attached hydrogens (tertiary/aromatic N) is 3. The van der Waals surface area contributed by atoms with Gasteiger partial charge in [-0.05, 0) is 86.0 Å². The molecular weight excluding hydrogens is 424 g/mol. The van der Waals surface area contributed by atoms with Crippen molar-refractivity contribution >= 4 is 16.8 Å². The topological polar surface area (TPSA) is 72.4 Å². The van der Waals surface area contributed by atoms with E-state index in [1.807, 2.05) is 37.4 Å². The summed E-state index contributed by atoms with van der Waals surface area (Å²) in [6.45, 7) is 3.55. The van der Waals surface area contributed by atoms with Crippen LogP contribution in [-0.2, 0) is 19.4 Å². The molecule has 2 aromatic carbocycles. The fourth-order valence-electron chi connectivity index (χ4n) is 5.62. The van der Waals surface area contributed by atoms with Crippen molar-refractivity contribution in [3.05, 3.63) is 64.3 Å². The van der Waals surface area contributed by atoms with Gasteiger partial charge in [-0.25, -0.2) is 0 Å². The monoisotopic (exact) mass is 454 g/mol. The van der Waals surface area contributed by atoms with Crippen molar-refractivity contribution in [1.29, 1.82) is 5.26 Å². The Morgan fingerprint density at radius 3 is 2.94 bits per heavy atom. The first kappa shape index (κ1) is 21.2. The van der Waals surface area contributed by atoms with Gasteiger partial charge in [0, 0.05) is 54.4 Å². The molecule has 6 rings (SSSR count). The van der Waals surface area contributed by atoms with Crippen molar-refractivity contribution in [2.45, 2.75) is 44.7 Å². The van der Waals surface area contributed by atoms with Crippen LogP contribution in [0.1, 0.15) is 51.9 Å². The summed E-state index contributed by atoms with van der Waals surface area (Å²) in [5, 5.41) is 10.4. The number of hydrogen-bond acceptors (Lipinski definition) is 4. The van der Waals surface area contributed by atoms with E-state index in [1.54, 1.807) is 4.90 Å². The highest BCUT2D eigenvalue weighted by molar-refractivity contribution is 5.99. The minimum atomic E-state index is 0.119. The van der Waals surface area contributed by atoms with Crippen molar-refractivity contribution in [3.8, 4) is 11.8 Å². The molecule has 1 aromatic heterocycles. The lowest BCUT2D eigenvalue weighted by atomic mass is 9.93. The number of aryl methyl sites for hydroxylation is 1. The van der Waals surface area contributed by atoms with Gasteiger partial charge in [0.1, 0.15) is 12.4 Å². The van der Waals surface area contributed by atoms with Gasteiger partial charge >= 0.3 is 0 Å². The number of carbonyl (C=O) groups excluding carboxylic acids is 1.